The highest BCUT2D eigenvalue weighted by Crippen LogP contribution is 2.31. The van der Waals surface area contributed by atoms with Gasteiger partial charge in [0.2, 0.25) is 0 Å². The Morgan fingerprint density at radius 3 is 2.80 bits per heavy atom. The number of rotatable bonds is 2. The van der Waals surface area contributed by atoms with Gasteiger partial charge in [0.05, 0.1) is 5.52 Å². The molecule has 2 nitrogen and oxygen atoms in total. The van der Waals surface area contributed by atoms with Crippen LogP contribution >= 0.6 is 27.5 Å². The van der Waals surface area contributed by atoms with Crippen LogP contribution in [0.15, 0.2) is 59.2 Å². The lowest BCUT2D eigenvalue weighted by Gasteiger charge is -2.14. The van der Waals surface area contributed by atoms with Gasteiger partial charge in [-0.1, -0.05) is 45.7 Å². The zero-order valence-corrected chi connectivity index (χ0v) is 12.8. The molecule has 0 aliphatic carbocycles. The summed E-state index contributed by atoms with van der Waals surface area (Å²) in [6, 6.07) is 15.1. The van der Waals surface area contributed by atoms with E-state index in [0.29, 0.717) is 10.6 Å². The van der Waals surface area contributed by atoms with Crippen molar-refractivity contribution in [1.29, 1.82) is 0 Å². The molecule has 0 radical (unpaired) electrons. The van der Waals surface area contributed by atoms with Crippen molar-refractivity contribution in [3.05, 3.63) is 75.4 Å². The monoisotopic (exact) mass is 347 g/mol. The van der Waals surface area contributed by atoms with Crippen LogP contribution in [0.2, 0.25) is 5.02 Å². The van der Waals surface area contributed by atoms with Crippen LogP contribution in [0.1, 0.15) is 17.2 Å². The maximum Gasteiger partial charge on any atom is 0.106 e. The highest BCUT2D eigenvalue weighted by atomic mass is 79.9. The number of aromatic nitrogens is 1. The zero-order valence-electron chi connectivity index (χ0n) is 10.4. The van der Waals surface area contributed by atoms with Gasteiger partial charge >= 0.3 is 0 Å². The van der Waals surface area contributed by atoms with Crippen molar-refractivity contribution in [1.82, 2.24) is 4.98 Å². The molecule has 4 heteroatoms. The van der Waals surface area contributed by atoms with Crippen molar-refractivity contribution in [2.75, 3.05) is 0 Å². The fraction of sp³-hybridized carbons (Fsp3) is 0.0625. The Bertz CT molecular complexity index is 775. The van der Waals surface area contributed by atoms with E-state index in [-0.39, 0.29) is 0 Å². The summed E-state index contributed by atoms with van der Waals surface area (Å²) in [4.78, 5) is 4.30. The molecule has 1 atom stereocenters. The van der Waals surface area contributed by atoms with Crippen LogP contribution in [0.5, 0.6) is 0 Å². The van der Waals surface area contributed by atoms with E-state index in [4.69, 9.17) is 11.6 Å². The summed E-state index contributed by atoms with van der Waals surface area (Å²) < 4.78 is 0.884. The second-order valence-electron chi connectivity index (χ2n) is 4.52. The van der Waals surface area contributed by atoms with Crippen LogP contribution in [0.25, 0.3) is 10.9 Å². The van der Waals surface area contributed by atoms with Gasteiger partial charge in [-0.2, -0.15) is 0 Å². The molecule has 20 heavy (non-hydrogen) atoms. The zero-order chi connectivity index (χ0) is 14.1. The van der Waals surface area contributed by atoms with E-state index in [1.807, 2.05) is 42.5 Å². The number of fused-ring (bicyclic) bond motifs is 1. The third kappa shape index (κ3) is 2.57. The van der Waals surface area contributed by atoms with E-state index < -0.39 is 6.10 Å². The van der Waals surface area contributed by atoms with Gasteiger partial charge in [0.25, 0.3) is 0 Å². The van der Waals surface area contributed by atoms with E-state index >= 15 is 0 Å². The van der Waals surface area contributed by atoms with Gasteiger partial charge in [-0.15, -0.1) is 0 Å². The van der Waals surface area contributed by atoms with Crippen LogP contribution in [-0.2, 0) is 0 Å². The molecule has 1 unspecified atom stereocenters. The van der Waals surface area contributed by atoms with Crippen molar-refractivity contribution in [2.45, 2.75) is 6.10 Å². The summed E-state index contributed by atoms with van der Waals surface area (Å²) >= 11 is 9.56. The van der Waals surface area contributed by atoms with Gasteiger partial charge in [0.15, 0.2) is 0 Å². The predicted molar refractivity (Wildman–Crippen MR) is 85.0 cm³/mol. The fourth-order valence-corrected chi connectivity index (χ4v) is 2.76. The molecule has 0 fully saturated rings. The fourth-order valence-electron chi connectivity index (χ4n) is 2.16. The first-order chi connectivity index (χ1) is 9.65. The highest BCUT2D eigenvalue weighted by Gasteiger charge is 2.15. The Balaban J connectivity index is 2.07. The van der Waals surface area contributed by atoms with E-state index in [2.05, 4.69) is 20.9 Å². The van der Waals surface area contributed by atoms with E-state index in [0.717, 1.165) is 20.9 Å². The van der Waals surface area contributed by atoms with Gasteiger partial charge in [-0.25, -0.2) is 0 Å². The molecule has 1 aromatic heterocycles. The SMILES string of the molecule is OC(c1ccc2cccnc2c1)c1cc(Br)ccc1Cl. The first kappa shape index (κ1) is 13.6. The minimum Gasteiger partial charge on any atom is -0.384 e. The number of aliphatic hydroxyl groups is 1. The number of halogens is 2. The largest absolute Gasteiger partial charge is 0.384 e. The van der Waals surface area contributed by atoms with E-state index in [1.54, 1.807) is 12.3 Å². The summed E-state index contributed by atoms with van der Waals surface area (Å²) in [5.74, 6) is 0. The average Bonchev–Trinajstić information content (AvgIpc) is 2.48. The lowest BCUT2D eigenvalue weighted by Crippen LogP contribution is -2.00. The molecule has 1 N–H and O–H groups in total. The molecule has 2 aromatic carbocycles. The molecule has 3 aromatic rings. The van der Waals surface area contributed by atoms with E-state index in [9.17, 15) is 5.11 Å². The van der Waals surface area contributed by atoms with Crippen molar-refractivity contribution in [3.8, 4) is 0 Å². The van der Waals surface area contributed by atoms with Gasteiger partial charge in [0, 0.05) is 26.6 Å². The number of hydrogen-bond donors (Lipinski definition) is 1. The third-order valence-corrected chi connectivity index (χ3v) is 4.04. The molecular formula is C16H11BrClNO. The number of nitrogens with zero attached hydrogens (tertiary/aromatic N) is 1. The minimum absolute atomic E-state index is 0.543. The van der Waals surface area contributed by atoms with Crippen LogP contribution in [0.4, 0.5) is 0 Å². The molecule has 0 aliphatic rings. The van der Waals surface area contributed by atoms with E-state index in [1.165, 1.54) is 0 Å². The number of benzene rings is 2. The standard InChI is InChI=1S/C16H11BrClNO/c17-12-5-6-14(18)13(9-12)16(20)11-4-3-10-2-1-7-19-15(10)8-11/h1-9,16,20H. The first-order valence-electron chi connectivity index (χ1n) is 6.13. The summed E-state index contributed by atoms with van der Waals surface area (Å²) in [7, 11) is 0. The molecule has 0 bridgehead atoms. The van der Waals surface area contributed by atoms with Gasteiger partial charge in [0.1, 0.15) is 6.10 Å². The normalized spacial score (nSPS) is 12.6. The molecule has 1 heterocycles. The number of aliphatic hydroxyl groups excluding tert-OH is 1. The molecule has 0 aliphatic heterocycles. The summed E-state index contributed by atoms with van der Waals surface area (Å²) in [6.07, 6.45) is 0.969. The summed E-state index contributed by atoms with van der Waals surface area (Å²) in [6.45, 7) is 0. The molecule has 0 saturated carbocycles. The minimum atomic E-state index is -0.772. The topological polar surface area (TPSA) is 33.1 Å². The Morgan fingerprint density at radius 1 is 1.10 bits per heavy atom. The Labute approximate surface area is 130 Å². The first-order valence-corrected chi connectivity index (χ1v) is 7.30. The van der Waals surface area contributed by atoms with Gasteiger partial charge < -0.3 is 5.11 Å². The summed E-state index contributed by atoms with van der Waals surface area (Å²) in [5.41, 5.74) is 2.31. The molecule has 0 saturated heterocycles. The molecule has 100 valence electrons. The molecule has 3 rings (SSSR count). The van der Waals surface area contributed by atoms with Crippen molar-refractivity contribution in [3.63, 3.8) is 0 Å². The second kappa shape index (κ2) is 5.52. The van der Waals surface area contributed by atoms with Crippen molar-refractivity contribution in [2.24, 2.45) is 0 Å². The predicted octanol–water partition coefficient (Wildman–Crippen LogP) is 4.73. The van der Waals surface area contributed by atoms with Crippen molar-refractivity contribution < 1.29 is 5.11 Å². The Morgan fingerprint density at radius 2 is 1.95 bits per heavy atom. The Hall–Kier alpha value is -1.42. The lowest BCUT2D eigenvalue weighted by molar-refractivity contribution is 0.220. The maximum absolute atomic E-state index is 10.5. The summed E-state index contributed by atoms with van der Waals surface area (Å²) in [5, 5.41) is 12.1. The Kier molecular flexibility index (Phi) is 3.74. The molecule has 0 spiro atoms. The average molecular weight is 349 g/mol. The van der Waals surface area contributed by atoms with Gasteiger partial charge in [-0.3, -0.25) is 4.98 Å². The van der Waals surface area contributed by atoms with Crippen LogP contribution < -0.4 is 0 Å². The van der Waals surface area contributed by atoms with Crippen LogP contribution in [0, 0.1) is 0 Å². The quantitative estimate of drug-likeness (QED) is 0.726. The number of hydrogen-bond acceptors (Lipinski definition) is 2. The second-order valence-corrected chi connectivity index (χ2v) is 5.85. The third-order valence-electron chi connectivity index (χ3n) is 3.20. The highest BCUT2D eigenvalue weighted by molar-refractivity contribution is 9.10. The van der Waals surface area contributed by atoms with Crippen LogP contribution in [0.3, 0.4) is 0 Å². The van der Waals surface area contributed by atoms with Crippen molar-refractivity contribution >= 4 is 38.4 Å². The maximum atomic E-state index is 10.5. The van der Waals surface area contributed by atoms with Gasteiger partial charge in [-0.05, 0) is 35.9 Å². The molecular weight excluding hydrogens is 338 g/mol. The molecule has 0 amide bonds. The smallest absolute Gasteiger partial charge is 0.106 e. The number of pyridine rings is 1. The van der Waals surface area contributed by atoms with Crippen LogP contribution in [-0.4, -0.2) is 10.1 Å². The lowest BCUT2D eigenvalue weighted by atomic mass is 10.00.